The zero-order valence-electron chi connectivity index (χ0n) is 14.9. The SMILES string of the molecule is COc1ccc(-c2c(C#N)c(N)[nH]c(=O)c2C#N)cc1CN1CCSCC1. The molecule has 3 rings (SSSR count). The molecule has 1 aliphatic rings. The molecule has 27 heavy (non-hydrogen) atoms. The number of ether oxygens (including phenoxy) is 1. The van der Waals surface area contributed by atoms with Crippen LogP contribution in [0, 0.1) is 22.7 Å². The van der Waals surface area contributed by atoms with Gasteiger partial charge in [0.2, 0.25) is 0 Å². The number of nitrogens with one attached hydrogen (secondary N) is 1. The summed E-state index contributed by atoms with van der Waals surface area (Å²) in [7, 11) is 1.61. The minimum atomic E-state index is -0.602. The van der Waals surface area contributed by atoms with E-state index in [1.165, 1.54) is 0 Å². The maximum atomic E-state index is 12.2. The van der Waals surface area contributed by atoms with Crippen molar-refractivity contribution in [3.05, 3.63) is 45.2 Å². The molecule has 1 fully saturated rings. The highest BCUT2D eigenvalue weighted by Crippen LogP contribution is 2.32. The number of nitrogen functional groups attached to an aromatic ring is 1. The van der Waals surface area contributed by atoms with E-state index in [4.69, 9.17) is 10.5 Å². The minimum absolute atomic E-state index is 0.0399. The number of nitrogens with two attached hydrogens (primary N) is 1. The van der Waals surface area contributed by atoms with Crippen LogP contribution < -0.4 is 16.0 Å². The maximum absolute atomic E-state index is 12.2. The molecule has 2 aromatic rings. The summed E-state index contributed by atoms with van der Waals surface area (Å²) in [6.07, 6.45) is 0. The predicted octanol–water partition coefficient (Wildman–Crippen LogP) is 1.92. The Bertz CT molecular complexity index is 997. The first-order valence-electron chi connectivity index (χ1n) is 8.42. The Labute approximate surface area is 161 Å². The number of pyridine rings is 1. The lowest BCUT2D eigenvalue weighted by Gasteiger charge is -2.27. The van der Waals surface area contributed by atoms with Gasteiger partial charge in [-0.15, -0.1) is 0 Å². The number of rotatable bonds is 4. The van der Waals surface area contributed by atoms with E-state index in [1.807, 2.05) is 30.0 Å². The second kappa shape index (κ2) is 8.17. The summed E-state index contributed by atoms with van der Waals surface area (Å²) in [5, 5.41) is 19.0. The van der Waals surface area contributed by atoms with E-state index in [2.05, 4.69) is 9.88 Å². The summed E-state index contributed by atoms with van der Waals surface area (Å²) in [4.78, 5) is 16.9. The maximum Gasteiger partial charge on any atom is 0.268 e. The highest BCUT2D eigenvalue weighted by Gasteiger charge is 2.20. The van der Waals surface area contributed by atoms with E-state index in [-0.39, 0.29) is 22.5 Å². The fourth-order valence-electron chi connectivity index (χ4n) is 3.19. The van der Waals surface area contributed by atoms with Crippen LogP contribution in [0.4, 0.5) is 5.82 Å². The van der Waals surface area contributed by atoms with Gasteiger partial charge in [0, 0.05) is 42.3 Å². The van der Waals surface area contributed by atoms with Crippen molar-refractivity contribution in [3.63, 3.8) is 0 Å². The molecule has 0 spiro atoms. The lowest BCUT2D eigenvalue weighted by Crippen LogP contribution is -2.32. The number of nitrogens with zero attached hydrogens (tertiary/aromatic N) is 3. The van der Waals surface area contributed by atoms with E-state index in [0.29, 0.717) is 12.1 Å². The molecule has 0 aliphatic carbocycles. The lowest BCUT2D eigenvalue weighted by molar-refractivity contribution is 0.288. The zero-order valence-corrected chi connectivity index (χ0v) is 15.7. The molecular weight excluding hydrogens is 362 g/mol. The summed E-state index contributed by atoms with van der Waals surface area (Å²) < 4.78 is 5.48. The monoisotopic (exact) mass is 381 g/mol. The van der Waals surface area contributed by atoms with Gasteiger partial charge < -0.3 is 15.5 Å². The Morgan fingerprint density at radius 1 is 1.26 bits per heavy atom. The van der Waals surface area contributed by atoms with Crippen LogP contribution in [0.5, 0.6) is 5.75 Å². The average molecular weight is 381 g/mol. The van der Waals surface area contributed by atoms with Crippen LogP contribution in [0.15, 0.2) is 23.0 Å². The summed E-state index contributed by atoms with van der Waals surface area (Å²) in [5.74, 6) is 2.86. The molecule has 8 heteroatoms. The number of anilines is 1. The Morgan fingerprint density at radius 2 is 1.96 bits per heavy atom. The van der Waals surface area contributed by atoms with Crippen LogP contribution >= 0.6 is 11.8 Å². The molecule has 7 nitrogen and oxygen atoms in total. The predicted molar refractivity (Wildman–Crippen MR) is 105 cm³/mol. The number of hydrogen-bond donors (Lipinski definition) is 2. The standard InChI is InChI=1S/C19H19N5O2S/c1-26-16-3-2-12(8-13(16)11-24-4-6-27-7-5-24)17-14(9-20)18(22)23-19(25)15(17)10-21/h2-3,8H,4-7,11H2,1H3,(H3,22,23,25). The molecule has 0 radical (unpaired) electrons. The molecule has 0 amide bonds. The van der Waals surface area contributed by atoms with Crippen molar-refractivity contribution >= 4 is 17.6 Å². The topological polar surface area (TPSA) is 119 Å². The summed E-state index contributed by atoms with van der Waals surface area (Å²) >= 11 is 1.94. The Morgan fingerprint density at radius 3 is 2.59 bits per heavy atom. The molecule has 0 atom stereocenters. The second-order valence-electron chi connectivity index (χ2n) is 6.13. The average Bonchev–Trinajstić information content (AvgIpc) is 2.68. The van der Waals surface area contributed by atoms with Crippen LogP contribution in [0.25, 0.3) is 11.1 Å². The van der Waals surface area contributed by atoms with Gasteiger partial charge >= 0.3 is 0 Å². The molecule has 1 aliphatic heterocycles. The fraction of sp³-hybridized carbons (Fsp3) is 0.316. The molecule has 2 heterocycles. The number of hydrogen-bond acceptors (Lipinski definition) is 7. The van der Waals surface area contributed by atoms with Gasteiger partial charge in [-0.25, -0.2) is 0 Å². The van der Waals surface area contributed by atoms with Gasteiger partial charge in [-0.3, -0.25) is 9.69 Å². The van der Waals surface area contributed by atoms with Gasteiger partial charge in [-0.2, -0.15) is 22.3 Å². The van der Waals surface area contributed by atoms with Crippen molar-refractivity contribution < 1.29 is 4.74 Å². The highest BCUT2D eigenvalue weighted by molar-refractivity contribution is 7.99. The van der Waals surface area contributed by atoms with Gasteiger partial charge in [-0.05, 0) is 17.7 Å². The third-order valence-electron chi connectivity index (χ3n) is 4.53. The molecule has 1 aromatic carbocycles. The number of nitriles is 2. The molecule has 0 unspecified atom stereocenters. The Kier molecular flexibility index (Phi) is 5.70. The highest BCUT2D eigenvalue weighted by atomic mass is 32.2. The van der Waals surface area contributed by atoms with Crippen molar-refractivity contribution in [2.24, 2.45) is 0 Å². The third kappa shape index (κ3) is 3.77. The van der Waals surface area contributed by atoms with Crippen LogP contribution in [0.2, 0.25) is 0 Å². The van der Waals surface area contributed by atoms with Crippen molar-refractivity contribution in [2.45, 2.75) is 6.54 Å². The number of H-pyrrole nitrogens is 1. The Balaban J connectivity index is 2.13. The number of aromatic amines is 1. The number of benzene rings is 1. The normalized spacial score (nSPS) is 14.3. The van der Waals surface area contributed by atoms with E-state index in [0.717, 1.165) is 35.9 Å². The largest absolute Gasteiger partial charge is 0.496 e. The molecule has 0 saturated carbocycles. The van der Waals surface area contributed by atoms with E-state index in [9.17, 15) is 15.3 Å². The van der Waals surface area contributed by atoms with Crippen LogP contribution in [-0.2, 0) is 6.54 Å². The fourth-order valence-corrected chi connectivity index (χ4v) is 4.17. The second-order valence-corrected chi connectivity index (χ2v) is 7.36. The van der Waals surface area contributed by atoms with Gasteiger partial charge in [0.15, 0.2) is 0 Å². The first kappa shape index (κ1) is 18.8. The van der Waals surface area contributed by atoms with Crippen molar-refractivity contribution in [2.75, 3.05) is 37.4 Å². The summed E-state index contributed by atoms with van der Waals surface area (Å²) in [6, 6.07) is 9.31. The quantitative estimate of drug-likeness (QED) is 0.830. The number of aromatic nitrogens is 1. The van der Waals surface area contributed by atoms with Crippen molar-refractivity contribution in [1.82, 2.24) is 9.88 Å². The summed E-state index contributed by atoms with van der Waals surface area (Å²) in [5.41, 5.74) is 6.99. The van der Waals surface area contributed by atoms with Crippen molar-refractivity contribution in [1.29, 1.82) is 10.5 Å². The molecular formula is C19H19N5O2S. The van der Waals surface area contributed by atoms with Crippen molar-refractivity contribution in [3.8, 4) is 29.0 Å². The molecule has 1 aromatic heterocycles. The summed E-state index contributed by atoms with van der Waals surface area (Å²) in [6.45, 7) is 2.67. The molecule has 1 saturated heterocycles. The van der Waals surface area contributed by atoms with Crippen LogP contribution in [0.1, 0.15) is 16.7 Å². The van der Waals surface area contributed by atoms with Gasteiger partial charge in [0.25, 0.3) is 5.56 Å². The van der Waals surface area contributed by atoms with E-state index < -0.39 is 5.56 Å². The lowest BCUT2D eigenvalue weighted by atomic mass is 9.95. The molecule has 138 valence electrons. The molecule has 3 N–H and O–H groups in total. The Hall–Kier alpha value is -2.94. The minimum Gasteiger partial charge on any atom is -0.496 e. The smallest absolute Gasteiger partial charge is 0.268 e. The third-order valence-corrected chi connectivity index (χ3v) is 5.48. The molecule has 0 bridgehead atoms. The first-order valence-corrected chi connectivity index (χ1v) is 9.57. The number of thioether (sulfide) groups is 1. The van der Waals surface area contributed by atoms with Gasteiger partial charge in [-0.1, -0.05) is 6.07 Å². The first-order chi connectivity index (χ1) is 13.1. The number of methoxy groups -OCH3 is 1. The van der Waals surface area contributed by atoms with E-state index in [1.54, 1.807) is 19.2 Å². The zero-order chi connectivity index (χ0) is 19.4. The van der Waals surface area contributed by atoms with Gasteiger partial charge in [0.1, 0.15) is 34.8 Å². The van der Waals surface area contributed by atoms with Crippen LogP contribution in [0.3, 0.4) is 0 Å². The van der Waals surface area contributed by atoms with Crippen LogP contribution in [-0.4, -0.2) is 41.6 Å². The van der Waals surface area contributed by atoms with E-state index >= 15 is 0 Å². The van der Waals surface area contributed by atoms with Gasteiger partial charge in [0.05, 0.1) is 7.11 Å².